The monoisotopic (exact) mass is 422 g/mol. The molecule has 4 aromatic rings. The van der Waals surface area contributed by atoms with Gasteiger partial charge in [0.15, 0.2) is 0 Å². The number of fused-ring (bicyclic) bond motifs is 1. The fourth-order valence-corrected chi connectivity index (χ4v) is 3.40. The second-order valence-electron chi connectivity index (χ2n) is 6.90. The molecule has 2 heterocycles. The number of halogens is 2. The summed E-state index contributed by atoms with van der Waals surface area (Å²) in [4.78, 5) is 13.0. The van der Waals surface area contributed by atoms with Crippen molar-refractivity contribution in [3.8, 4) is 5.75 Å². The van der Waals surface area contributed by atoms with Crippen molar-refractivity contribution in [2.75, 3.05) is 11.9 Å². The highest BCUT2D eigenvalue weighted by Gasteiger charge is 2.18. The lowest BCUT2D eigenvalue weighted by molar-refractivity contribution is 0.340. The third-order valence-electron chi connectivity index (χ3n) is 4.82. The molecule has 31 heavy (non-hydrogen) atoms. The summed E-state index contributed by atoms with van der Waals surface area (Å²) in [5.74, 6) is -0.246. The summed E-state index contributed by atoms with van der Waals surface area (Å²) < 4.78 is 36.3. The molecule has 4 rings (SSSR count). The van der Waals surface area contributed by atoms with Crippen LogP contribution in [0.25, 0.3) is 16.6 Å². The van der Waals surface area contributed by atoms with Crippen molar-refractivity contribution in [2.24, 2.45) is 0 Å². The van der Waals surface area contributed by atoms with Crippen LogP contribution < -0.4 is 15.5 Å². The van der Waals surface area contributed by atoms with E-state index in [1.807, 2.05) is 19.1 Å². The summed E-state index contributed by atoms with van der Waals surface area (Å²) >= 11 is 0. The van der Waals surface area contributed by atoms with E-state index in [2.05, 4.69) is 22.1 Å². The lowest BCUT2D eigenvalue weighted by atomic mass is 10.1. The van der Waals surface area contributed by atoms with Crippen molar-refractivity contribution in [3.05, 3.63) is 94.4 Å². The maximum atomic E-state index is 14.7. The SMILES string of the molecule is C=C(Nc1ccn[nH]1)c1cn(Cc2ccc(OCC)cc2)c2c(F)ccc(F)c2c1=O. The van der Waals surface area contributed by atoms with Crippen LogP contribution >= 0.6 is 0 Å². The van der Waals surface area contributed by atoms with E-state index in [1.165, 1.54) is 17.0 Å². The minimum atomic E-state index is -0.793. The standard InChI is InChI=1S/C23H20F2N4O2/c1-3-31-16-6-4-15(5-7-16)12-29-13-17(14(2)27-20-10-11-26-28-20)23(30)21-18(24)8-9-19(25)22(21)29/h4-11,13H,2-3,12H2,1H3,(H2,26,27,28). The zero-order valence-electron chi connectivity index (χ0n) is 16.8. The molecule has 8 heteroatoms. The van der Waals surface area contributed by atoms with Gasteiger partial charge in [-0.15, -0.1) is 0 Å². The van der Waals surface area contributed by atoms with Crippen LogP contribution in [0.3, 0.4) is 0 Å². The van der Waals surface area contributed by atoms with Crippen LogP contribution in [0.1, 0.15) is 18.1 Å². The molecule has 0 aliphatic rings. The largest absolute Gasteiger partial charge is 0.494 e. The van der Waals surface area contributed by atoms with Gasteiger partial charge in [0.05, 0.1) is 29.3 Å². The smallest absolute Gasteiger partial charge is 0.201 e. The summed E-state index contributed by atoms with van der Waals surface area (Å²) in [7, 11) is 0. The van der Waals surface area contributed by atoms with Gasteiger partial charge in [0.2, 0.25) is 5.43 Å². The van der Waals surface area contributed by atoms with Gasteiger partial charge < -0.3 is 14.6 Å². The number of nitrogens with one attached hydrogen (secondary N) is 2. The molecule has 2 aromatic carbocycles. The topological polar surface area (TPSA) is 71.9 Å². The fourth-order valence-electron chi connectivity index (χ4n) is 3.40. The molecule has 0 atom stereocenters. The van der Waals surface area contributed by atoms with Crippen LogP contribution in [0, 0.1) is 11.6 Å². The first-order valence-electron chi connectivity index (χ1n) is 9.66. The molecule has 0 saturated heterocycles. The highest BCUT2D eigenvalue weighted by Crippen LogP contribution is 2.23. The van der Waals surface area contributed by atoms with Crippen LogP contribution in [-0.4, -0.2) is 21.4 Å². The zero-order valence-corrected chi connectivity index (χ0v) is 16.8. The van der Waals surface area contributed by atoms with E-state index in [-0.39, 0.29) is 28.7 Å². The van der Waals surface area contributed by atoms with Gasteiger partial charge in [0.1, 0.15) is 23.2 Å². The molecule has 0 spiro atoms. The maximum Gasteiger partial charge on any atom is 0.201 e. The van der Waals surface area contributed by atoms with Gasteiger partial charge >= 0.3 is 0 Å². The Balaban J connectivity index is 1.82. The Morgan fingerprint density at radius 1 is 1.16 bits per heavy atom. The van der Waals surface area contributed by atoms with Crippen LogP contribution in [0.5, 0.6) is 5.75 Å². The average molecular weight is 422 g/mol. The minimum Gasteiger partial charge on any atom is -0.494 e. The Morgan fingerprint density at radius 2 is 1.90 bits per heavy atom. The molecule has 0 saturated carbocycles. The Kier molecular flexibility index (Phi) is 5.53. The lowest BCUT2D eigenvalue weighted by Gasteiger charge is -2.16. The molecule has 0 unspecified atom stereocenters. The molecule has 6 nitrogen and oxygen atoms in total. The summed E-state index contributed by atoms with van der Waals surface area (Å²) in [6, 6.07) is 10.9. The fraction of sp³-hybridized carbons (Fsp3) is 0.130. The molecule has 0 aliphatic heterocycles. The average Bonchev–Trinajstić information content (AvgIpc) is 3.26. The van der Waals surface area contributed by atoms with Crippen molar-refractivity contribution < 1.29 is 13.5 Å². The van der Waals surface area contributed by atoms with Crippen LogP contribution in [-0.2, 0) is 6.54 Å². The third-order valence-corrected chi connectivity index (χ3v) is 4.82. The first-order valence-corrected chi connectivity index (χ1v) is 9.66. The van der Waals surface area contributed by atoms with Gasteiger partial charge in [-0.05, 0) is 36.8 Å². The molecule has 0 fully saturated rings. The predicted octanol–water partition coefficient (Wildman–Crippen LogP) is 4.53. The number of pyridine rings is 1. The van der Waals surface area contributed by atoms with Gasteiger partial charge in [-0.3, -0.25) is 9.89 Å². The van der Waals surface area contributed by atoms with Crippen LogP contribution in [0.2, 0.25) is 0 Å². The second kappa shape index (κ2) is 8.43. The molecule has 0 amide bonds. The Bertz CT molecular complexity index is 1300. The van der Waals surface area contributed by atoms with E-state index < -0.39 is 17.1 Å². The number of ether oxygens (including phenoxy) is 1. The van der Waals surface area contributed by atoms with Gasteiger partial charge in [-0.2, -0.15) is 5.10 Å². The Hall–Kier alpha value is -3.94. The summed E-state index contributed by atoms with van der Waals surface area (Å²) in [6.45, 7) is 6.55. The van der Waals surface area contributed by atoms with Gasteiger partial charge in [-0.25, -0.2) is 8.78 Å². The van der Waals surface area contributed by atoms with Gasteiger partial charge in [0, 0.05) is 24.5 Å². The molecule has 0 bridgehead atoms. The number of aromatic amines is 1. The predicted molar refractivity (Wildman–Crippen MR) is 116 cm³/mol. The molecular weight excluding hydrogens is 402 g/mol. The Labute approximate surface area is 176 Å². The zero-order chi connectivity index (χ0) is 22.0. The van der Waals surface area contributed by atoms with E-state index in [1.54, 1.807) is 18.2 Å². The number of H-pyrrole nitrogens is 1. The summed E-state index contributed by atoms with van der Waals surface area (Å²) in [5.41, 5.74) is 0.442. The minimum absolute atomic E-state index is 0.100. The molecule has 2 aromatic heterocycles. The highest BCUT2D eigenvalue weighted by molar-refractivity contribution is 5.85. The molecule has 158 valence electrons. The lowest BCUT2D eigenvalue weighted by Crippen LogP contribution is -2.19. The summed E-state index contributed by atoms with van der Waals surface area (Å²) in [5, 5.41) is 9.15. The first-order chi connectivity index (χ1) is 15.0. The van der Waals surface area contributed by atoms with E-state index in [0.29, 0.717) is 18.2 Å². The third kappa shape index (κ3) is 4.05. The summed E-state index contributed by atoms with van der Waals surface area (Å²) in [6.07, 6.45) is 3.02. The van der Waals surface area contributed by atoms with E-state index in [0.717, 1.165) is 17.7 Å². The second-order valence-corrected chi connectivity index (χ2v) is 6.90. The molecule has 0 radical (unpaired) electrons. The number of anilines is 1. The number of nitrogens with zero attached hydrogens (tertiary/aromatic N) is 2. The van der Waals surface area contributed by atoms with Crippen molar-refractivity contribution in [2.45, 2.75) is 13.5 Å². The molecule has 0 aliphatic carbocycles. The number of benzene rings is 2. The van der Waals surface area contributed by atoms with Crippen molar-refractivity contribution in [1.29, 1.82) is 0 Å². The number of hydrogen-bond acceptors (Lipinski definition) is 4. The maximum absolute atomic E-state index is 14.7. The van der Waals surface area contributed by atoms with Crippen molar-refractivity contribution in [3.63, 3.8) is 0 Å². The van der Waals surface area contributed by atoms with Crippen LogP contribution in [0.15, 0.2) is 66.2 Å². The van der Waals surface area contributed by atoms with E-state index >= 15 is 0 Å². The number of aromatic nitrogens is 3. The molecule has 2 N–H and O–H groups in total. The normalized spacial score (nSPS) is 10.9. The first kappa shape index (κ1) is 20.3. The van der Waals surface area contributed by atoms with Gasteiger partial charge in [0.25, 0.3) is 0 Å². The van der Waals surface area contributed by atoms with E-state index in [9.17, 15) is 13.6 Å². The highest BCUT2D eigenvalue weighted by atomic mass is 19.1. The van der Waals surface area contributed by atoms with Crippen molar-refractivity contribution >= 4 is 22.4 Å². The number of hydrogen-bond donors (Lipinski definition) is 2. The Morgan fingerprint density at radius 3 is 2.58 bits per heavy atom. The number of rotatable bonds is 7. The van der Waals surface area contributed by atoms with Gasteiger partial charge in [-0.1, -0.05) is 18.7 Å². The quantitative estimate of drug-likeness (QED) is 0.459. The molecular formula is C23H20F2N4O2. The van der Waals surface area contributed by atoms with Crippen LogP contribution in [0.4, 0.5) is 14.6 Å². The van der Waals surface area contributed by atoms with Crippen molar-refractivity contribution in [1.82, 2.24) is 14.8 Å². The van der Waals surface area contributed by atoms with E-state index in [4.69, 9.17) is 4.74 Å².